The van der Waals surface area contributed by atoms with Crippen LogP contribution in [0.3, 0.4) is 0 Å². The third-order valence-electron chi connectivity index (χ3n) is 0. The van der Waals surface area contributed by atoms with Crippen molar-refractivity contribution in [3.05, 3.63) is 0 Å². The molecule has 20 valence electrons. The van der Waals surface area contributed by atoms with Crippen molar-refractivity contribution >= 4 is 53.8 Å². The molecule has 0 aliphatic heterocycles. The van der Waals surface area contributed by atoms with Gasteiger partial charge in [0.1, 0.15) is 0 Å². The van der Waals surface area contributed by atoms with E-state index in [-0.39, 0.29) is 0 Å². The van der Waals surface area contributed by atoms with Gasteiger partial charge in [0, 0.05) is 0 Å². The third kappa shape index (κ3) is 9.31. The second kappa shape index (κ2) is 22.1. The van der Waals surface area contributed by atoms with E-state index in [1.165, 1.54) is 0 Å². The quantitative estimate of drug-likeness (QED) is 0.511. The van der Waals surface area contributed by atoms with E-state index in [1.807, 2.05) is 0 Å². The monoisotopic (exact) mass is 204 g/mol. The minimum atomic E-state index is 0.958. The van der Waals surface area contributed by atoms with Gasteiger partial charge in [-0.25, -0.2) is 0 Å². The van der Waals surface area contributed by atoms with E-state index in [9.17, 15) is 0 Å². The molecule has 0 bridgehead atoms. The van der Waals surface area contributed by atoms with Gasteiger partial charge >= 0.3 is 53.8 Å². The molecule has 0 aliphatic carbocycles. The minimum absolute atomic E-state index is 0.958. The van der Waals surface area contributed by atoms with Gasteiger partial charge in [-0.15, -0.1) is 0 Å². The molecule has 0 nitrogen and oxygen atoms in total. The standard InChI is InChI=1S/2Ga.2S.2H. The number of rotatable bonds is 0. The van der Waals surface area contributed by atoms with Gasteiger partial charge in [0.05, 0.1) is 0 Å². The molecule has 0 atom stereocenters. The average Bonchev–Trinajstić information content (AvgIpc) is 1.50. The molecule has 4 heteroatoms. The zero-order valence-electron chi connectivity index (χ0n) is 2.23. The Morgan fingerprint density at radius 2 is 0.750 bits per heavy atom. The first-order valence-corrected chi connectivity index (χ1v) is 9.00. The fraction of sp³-hybridized carbons (Fsp3) is 0. The van der Waals surface area contributed by atoms with Gasteiger partial charge in [-0.2, -0.15) is 0 Å². The Bertz CT molecular complexity index is 6.00. The summed E-state index contributed by atoms with van der Waals surface area (Å²) in [6.45, 7) is 0. The van der Waals surface area contributed by atoms with Gasteiger partial charge < -0.3 is 0 Å². The summed E-state index contributed by atoms with van der Waals surface area (Å²) in [5.41, 5.74) is 0. The Morgan fingerprint density at radius 1 is 0.750 bits per heavy atom. The van der Waals surface area contributed by atoms with Crippen molar-refractivity contribution in [1.82, 2.24) is 0 Å². The average molecular weight is 206 g/mol. The van der Waals surface area contributed by atoms with Crippen LogP contribution in [0.4, 0.5) is 0 Å². The van der Waals surface area contributed by atoms with Crippen molar-refractivity contribution in [2.45, 2.75) is 0 Å². The van der Waals surface area contributed by atoms with Gasteiger partial charge in [-0.05, 0) is 0 Å². The van der Waals surface area contributed by atoms with E-state index in [0.29, 0.717) is 0 Å². The number of hydrogen-bond acceptors (Lipinski definition) is 2. The predicted molar refractivity (Wildman–Crippen MR) is 29.5 cm³/mol. The summed E-state index contributed by atoms with van der Waals surface area (Å²) in [5, 5.41) is 0. The molecule has 0 rings (SSSR count). The van der Waals surface area contributed by atoms with E-state index in [4.69, 9.17) is 0 Å². The molecule has 0 aromatic carbocycles. The first kappa shape index (κ1) is 9.20. The molecule has 0 saturated heterocycles. The van der Waals surface area contributed by atoms with Crippen molar-refractivity contribution in [2.24, 2.45) is 0 Å². The summed E-state index contributed by atoms with van der Waals surface area (Å²) >= 11 is 1.92. The van der Waals surface area contributed by atoms with E-state index >= 15 is 0 Å². The molecule has 0 amide bonds. The summed E-state index contributed by atoms with van der Waals surface area (Å²) in [5.74, 6) is 0. The SMILES string of the molecule is [S]=[GaH].[S]=[GaH]. The van der Waals surface area contributed by atoms with Gasteiger partial charge in [0.25, 0.3) is 0 Å². The topological polar surface area (TPSA) is 0 Å². The van der Waals surface area contributed by atoms with Crippen LogP contribution in [0.25, 0.3) is 0 Å². The van der Waals surface area contributed by atoms with Crippen LogP contribution in [0.15, 0.2) is 0 Å². The van der Waals surface area contributed by atoms with E-state index in [0.717, 1.165) is 33.7 Å². The molecule has 0 aliphatic rings. The first-order chi connectivity index (χ1) is 2.00. The first-order valence-electron chi connectivity index (χ1n) is 0.577. The zero-order chi connectivity index (χ0) is 4.00. The van der Waals surface area contributed by atoms with Crippen molar-refractivity contribution in [3.63, 3.8) is 0 Å². The molecule has 0 saturated carbocycles. The van der Waals surface area contributed by atoms with Gasteiger partial charge in [0.2, 0.25) is 0 Å². The van der Waals surface area contributed by atoms with Crippen molar-refractivity contribution < 1.29 is 0 Å². The van der Waals surface area contributed by atoms with E-state index in [2.05, 4.69) is 20.1 Å². The van der Waals surface area contributed by atoms with E-state index < -0.39 is 0 Å². The van der Waals surface area contributed by atoms with Crippen molar-refractivity contribution in [1.29, 1.82) is 0 Å². The maximum atomic E-state index is 4.21. The Hall–Kier alpha value is 1.71. The second-order valence-corrected chi connectivity index (χ2v) is 0. The molecule has 4 heavy (non-hydrogen) atoms. The van der Waals surface area contributed by atoms with Crippen LogP contribution >= 0.6 is 20.1 Å². The molecular weight excluding hydrogens is 204 g/mol. The second-order valence-electron chi connectivity index (χ2n) is 0. The van der Waals surface area contributed by atoms with E-state index in [1.54, 1.807) is 0 Å². The predicted octanol–water partition coefficient (Wildman–Crippen LogP) is -0.000600. The third-order valence-corrected chi connectivity index (χ3v) is 0. The van der Waals surface area contributed by atoms with Crippen LogP contribution in [0, 0.1) is 0 Å². The van der Waals surface area contributed by atoms with Crippen LogP contribution in [0.5, 0.6) is 0 Å². The summed E-state index contributed by atoms with van der Waals surface area (Å²) in [6.07, 6.45) is 0. The summed E-state index contributed by atoms with van der Waals surface area (Å²) in [4.78, 5) is 0. The van der Waals surface area contributed by atoms with Crippen LogP contribution in [-0.2, 0) is 0 Å². The molecule has 0 radical (unpaired) electrons. The molecule has 0 aromatic heterocycles. The molecule has 0 spiro atoms. The van der Waals surface area contributed by atoms with Gasteiger partial charge in [-0.3, -0.25) is 0 Å². The van der Waals surface area contributed by atoms with Crippen LogP contribution in [0.1, 0.15) is 0 Å². The molecule has 0 fully saturated rings. The summed E-state index contributed by atoms with van der Waals surface area (Å²) in [7, 11) is 8.42. The molecule has 0 heterocycles. The Balaban J connectivity index is 0. The summed E-state index contributed by atoms with van der Waals surface area (Å²) < 4.78 is 0. The van der Waals surface area contributed by atoms with Crippen LogP contribution in [-0.4, -0.2) is 33.7 Å². The Morgan fingerprint density at radius 3 is 0.750 bits per heavy atom. The molecular formula is H2Ga2S2. The normalized spacial score (nSPS) is 1.50. The van der Waals surface area contributed by atoms with Crippen LogP contribution in [0.2, 0.25) is 0 Å². The number of hydrogen-bond donors (Lipinski definition) is 0. The molecule has 0 aromatic rings. The fourth-order valence-electron chi connectivity index (χ4n) is 0. The summed E-state index contributed by atoms with van der Waals surface area (Å²) in [6, 6.07) is 0. The molecule has 0 N–H and O–H groups in total. The van der Waals surface area contributed by atoms with Crippen LogP contribution < -0.4 is 0 Å². The zero-order valence-corrected chi connectivity index (χ0v) is 9.80. The maximum absolute atomic E-state index is 4.21. The van der Waals surface area contributed by atoms with Crippen molar-refractivity contribution in [3.8, 4) is 0 Å². The molecule has 0 unspecified atom stereocenters. The fourth-order valence-corrected chi connectivity index (χ4v) is 0. The Labute approximate surface area is 53.3 Å². The Kier molecular flexibility index (Phi) is 51.0. The van der Waals surface area contributed by atoms with Gasteiger partial charge in [-0.1, -0.05) is 0 Å². The van der Waals surface area contributed by atoms with Crippen molar-refractivity contribution in [2.75, 3.05) is 0 Å². The van der Waals surface area contributed by atoms with Gasteiger partial charge in [0.15, 0.2) is 0 Å².